The summed E-state index contributed by atoms with van der Waals surface area (Å²) in [6.45, 7) is 0.565. The van der Waals surface area contributed by atoms with Crippen LogP contribution in [0.2, 0.25) is 0 Å². The maximum absolute atomic E-state index is 12.0. The molecule has 0 heterocycles. The molecule has 0 saturated heterocycles. The van der Waals surface area contributed by atoms with Crippen molar-refractivity contribution in [2.75, 3.05) is 24.3 Å². The average Bonchev–Trinajstić information content (AvgIpc) is 3.59. The Morgan fingerprint density at radius 3 is 2.43 bits per heavy atom. The molecule has 0 aromatic heterocycles. The molecule has 8 nitrogen and oxygen atoms in total. The van der Waals surface area contributed by atoms with Crippen LogP contribution in [0, 0.1) is 5.92 Å². The fourth-order valence-corrected chi connectivity index (χ4v) is 2.78. The van der Waals surface area contributed by atoms with Gasteiger partial charge < -0.3 is 26.0 Å². The second-order valence-corrected chi connectivity index (χ2v) is 7.10. The summed E-state index contributed by atoms with van der Waals surface area (Å²) >= 11 is 0. The molecule has 2 aromatic rings. The number of hydrogen-bond acceptors (Lipinski definition) is 4. The highest BCUT2D eigenvalue weighted by atomic mass is 16.5. The molecular formula is C22H26N4O4. The summed E-state index contributed by atoms with van der Waals surface area (Å²) in [5.74, 6) is 0.721. The zero-order valence-corrected chi connectivity index (χ0v) is 16.9. The molecule has 1 aliphatic carbocycles. The first-order valence-electron chi connectivity index (χ1n) is 9.89. The normalized spacial score (nSPS) is 12.6. The van der Waals surface area contributed by atoms with Crippen LogP contribution in [0.5, 0.6) is 5.75 Å². The van der Waals surface area contributed by atoms with Crippen LogP contribution in [0.3, 0.4) is 0 Å². The average molecular weight is 410 g/mol. The third-order valence-electron chi connectivity index (χ3n) is 4.62. The molecule has 0 aliphatic heterocycles. The maximum Gasteiger partial charge on any atom is 0.319 e. The molecule has 1 fully saturated rings. The zero-order valence-electron chi connectivity index (χ0n) is 16.9. The van der Waals surface area contributed by atoms with Gasteiger partial charge in [0.1, 0.15) is 5.75 Å². The third-order valence-corrected chi connectivity index (χ3v) is 4.62. The van der Waals surface area contributed by atoms with Gasteiger partial charge in [-0.25, -0.2) is 4.79 Å². The second-order valence-electron chi connectivity index (χ2n) is 7.10. The van der Waals surface area contributed by atoms with Gasteiger partial charge in [0.05, 0.1) is 7.11 Å². The molecule has 0 spiro atoms. The van der Waals surface area contributed by atoms with E-state index in [4.69, 9.17) is 4.74 Å². The molecular weight excluding hydrogens is 384 g/mol. The molecule has 158 valence electrons. The lowest BCUT2D eigenvalue weighted by atomic mass is 10.2. The van der Waals surface area contributed by atoms with Crippen LogP contribution in [-0.4, -0.2) is 31.5 Å². The summed E-state index contributed by atoms with van der Waals surface area (Å²) in [6.07, 6.45) is 2.07. The van der Waals surface area contributed by atoms with E-state index < -0.39 is 0 Å². The van der Waals surface area contributed by atoms with E-state index in [9.17, 15) is 14.4 Å². The van der Waals surface area contributed by atoms with Gasteiger partial charge in [-0.1, -0.05) is 12.1 Å². The minimum absolute atomic E-state index is 0.0511. The van der Waals surface area contributed by atoms with E-state index in [-0.39, 0.29) is 36.7 Å². The van der Waals surface area contributed by atoms with Crippen LogP contribution >= 0.6 is 0 Å². The molecule has 30 heavy (non-hydrogen) atoms. The Kier molecular flexibility index (Phi) is 7.26. The second kappa shape index (κ2) is 10.3. The molecule has 1 aliphatic rings. The number of carbonyl (C=O) groups is 3. The van der Waals surface area contributed by atoms with E-state index in [1.807, 2.05) is 24.3 Å². The monoisotopic (exact) mass is 410 g/mol. The summed E-state index contributed by atoms with van der Waals surface area (Å²) in [7, 11) is 1.57. The van der Waals surface area contributed by atoms with Crippen molar-refractivity contribution >= 4 is 29.2 Å². The first kappa shape index (κ1) is 21.2. The molecule has 0 bridgehead atoms. The number of amides is 4. The summed E-state index contributed by atoms with van der Waals surface area (Å²) in [5.41, 5.74) is 2.25. The van der Waals surface area contributed by atoms with E-state index in [1.165, 1.54) is 0 Å². The van der Waals surface area contributed by atoms with Gasteiger partial charge in [0.25, 0.3) is 0 Å². The lowest BCUT2D eigenvalue weighted by molar-refractivity contribution is -0.121. The quantitative estimate of drug-likeness (QED) is 0.510. The van der Waals surface area contributed by atoms with Crippen LogP contribution < -0.4 is 26.0 Å². The molecule has 8 heteroatoms. The Bertz CT molecular complexity index is 894. The number of anilines is 2. The minimum Gasteiger partial charge on any atom is -0.497 e. The summed E-state index contributed by atoms with van der Waals surface area (Å²) < 4.78 is 5.06. The zero-order chi connectivity index (χ0) is 21.3. The van der Waals surface area contributed by atoms with Crippen LogP contribution in [0.15, 0.2) is 48.5 Å². The van der Waals surface area contributed by atoms with Crippen LogP contribution in [0.4, 0.5) is 16.2 Å². The number of hydrogen-bond donors (Lipinski definition) is 4. The number of nitrogens with one attached hydrogen (secondary N) is 4. The van der Waals surface area contributed by atoms with Gasteiger partial charge in [0.2, 0.25) is 11.8 Å². The van der Waals surface area contributed by atoms with Crippen molar-refractivity contribution in [1.82, 2.24) is 10.6 Å². The molecule has 4 N–H and O–H groups in total. The smallest absolute Gasteiger partial charge is 0.319 e. The van der Waals surface area contributed by atoms with Gasteiger partial charge in [0, 0.05) is 36.8 Å². The number of benzene rings is 2. The van der Waals surface area contributed by atoms with Gasteiger partial charge in [-0.2, -0.15) is 0 Å². The fourth-order valence-electron chi connectivity index (χ4n) is 2.78. The van der Waals surface area contributed by atoms with Gasteiger partial charge in [-0.15, -0.1) is 0 Å². The topological polar surface area (TPSA) is 109 Å². The first-order valence-corrected chi connectivity index (χ1v) is 9.89. The molecule has 3 rings (SSSR count). The third kappa shape index (κ3) is 6.80. The SMILES string of the molecule is COc1ccc(NC(=O)NCCC(=O)NCc2cccc(NC(=O)C3CC3)c2)cc1. The van der Waals surface area contributed by atoms with E-state index in [0.29, 0.717) is 18.0 Å². The first-order chi connectivity index (χ1) is 14.5. The highest BCUT2D eigenvalue weighted by molar-refractivity contribution is 5.94. The number of ether oxygens (including phenoxy) is 1. The van der Waals surface area contributed by atoms with E-state index in [2.05, 4.69) is 21.3 Å². The maximum atomic E-state index is 12.0. The Hall–Kier alpha value is -3.55. The molecule has 4 amide bonds. The number of urea groups is 1. The number of methoxy groups -OCH3 is 1. The van der Waals surface area contributed by atoms with Crippen molar-refractivity contribution in [2.45, 2.75) is 25.8 Å². The molecule has 0 unspecified atom stereocenters. The summed E-state index contributed by atoms with van der Waals surface area (Å²) in [6, 6.07) is 14.0. The largest absolute Gasteiger partial charge is 0.497 e. The standard InChI is InChI=1S/C22H26N4O4/c1-30-19-9-7-17(8-10-19)26-22(29)23-12-11-20(27)24-14-15-3-2-4-18(13-15)25-21(28)16-5-6-16/h2-4,7-10,13,16H,5-6,11-12,14H2,1H3,(H,24,27)(H,25,28)(H2,23,26,29). The molecule has 0 radical (unpaired) electrons. The molecule has 2 aromatic carbocycles. The predicted octanol–water partition coefficient (Wildman–Crippen LogP) is 2.87. The minimum atomic E-state index is -0.382. The van der Waals surface area contributed by atoms with E-state index in [0.717, 1.165) is 24.1 Å². The van der Waals surface area contributed by atoms with Gasteiger partial charge in [-0.05, 0) is 54.8 Å². The van der Waals surface area contributed by atoms with Gasteiger partial charge in [-0.3, -0.25) is 9.59 Å². The highest BCUT2D eigenvalue weighted by Crippen LogP contribution is 2.30. The Labute approximate surface area is 175 Å². The fraction of sp³-hybridized carbons (Fsp3) is 0.318. The van der Waals surface area contributed by atoms with Crippen molar-refractivity contribution in [1.29, 1.82) is 0 Å². The summed E-state index contributed by atoms with van der Waals surface area (Å²) in [4.78, 5) is 35.8. The lowest BCUT2D eigenvalue weighted by Crippen LogP contribution is -2.33. The van der Waals surface area contributed by atoms with Gasteiger partial charge in [0.15, 0.2) is 0 Å². The van der Waals surface area contributed by atoms with Crippen molar-refractivity contribution in [2.24, 2.45) is 5.92 Å². The number of rotatable bonds is 9. The van der Waals surface area contributed by atoms with Crippen molar-refractivity contribution in [3.63, 3.8) is 0 Å². The van der Waals surface area contributed by atoms with E-state index >= 15 is 0 Å². The lowest BCUT2D eigenvalue weighted by Gasteiger charge is -2.10. The van der Waals surface area contributed by atoms with E-state index in [1.54, 1.807) is 31.4 Å². The predicted molar refractivity (Wildman–Crippen MR) is 114 cm³/mol. The highest BCUT2D eigenvalue weighted by Gasteiger charge is 2.29. The van der Waals surface area contributed by atoms with Crippen LogP contribution in [0.25, 0.3) is 0 Å². The molecule has 0 atom stereocenters. The van der Waals surface area contributed by atoms with Crippen LogP contribution in [-0.2, 0) is 16.1 Å². The van der Waals surface area contributed by atoms with Crippen LogP contribution in [0.1, 0.15) is 24.8 Å². The Morgan fingerprint density at radius 2 is 1.73 bits per heavy atom. The van der Waals surface area contributed by atoms with Gasteiger partial charge >= 0.3 is 6.03 Å². The van der Waals surface area contributed by atoms with Crippen molar-refractivity contribution < 1.29 is 19.1 Å². The Balaban J connectivity index is 1.34. The van der Waals surface area contributed by atoms with Crippen molar-refractivity contribution in [3.8, 4) is 5.75 Å². The number of carbonyl (C=O) groups excluding carboxylic acids is 3. The molecule has 1 saturated carbocycles. The Morgan fingerprint density at radius 1 is 0.967 bits per heavy atom. The van der Waals surface area contributed by atoms with Crippen molar-refractivity contribution in [3.05, 3.63) is 54.1 Å². The summed E-state index contributed by atoms with van der Waals surface area (Å²) in [5, 5.41) is 11.0.